The molecule has 3 rings (SSSR count). The largest absolute Gasteiger partial charge is 0.240 e. The highest BCUT2D eigenvalue weighted by Gasteiger charge is 2.16. The van der Waals surface area contributed by atoms with Crippen molar-refractivity contribution >= 4 is 11.6 Å². The van der Waals surface area contributed by atoms with Crippen LogP contribution < -0.4 is 0 Å². The molecule has 0 spiro atoms. The molecule has 3 aromatic rings. The van der Waals surface area contributed by atoms with Crippen LogP contribution in [-0.2, 0) is 0 Å². The second-order valence-corrected chi connectivity index (χ2v) is 5.97. The Bertz CT molecular complexity index is 745. The average molecular weight is 311 g/mol. The molecule has 0 fully saturated rings. The van der Waals surface area contributed by atoms with E-state index in [0.29, 0.717) is 5.92 Å². The topological polar surface area (TPSA) is 17.8 Å². The molecule has 22 heavy (non-hydrogen) atoms. The van der Waals surface area contributed by atoms with Crippen molar-refractivity contribution in [2.24, 2.45) is 0 Å². The molecule has 112 valence electrons. The smallest absolute Gasteiger partial charge is 0.0962 e. The number of benzene rings is 2. The number of rotatable bonds is 4. The van der Waals surface area contributed by atoms with Crippen LogP contribution in [0.2, 0.25) is 5.02 Å². The van der Waals surface area contributed by atoms with E-state index in [9.17, 15) is 0 Å². The maximum absolute atomic E-state index is 6.00. The minimum absolute atomic E-state index is 0.461. The van der Waals surface area contributed by atoms with Gasteiger partial charge in [0.05, 0.1) is 11.4 Å². The number of para-hydroxylation sites is 1. The predicted molar refractivity (Wildman–Crippen MR) is 92.7 cm³/mol. The van der Waals surface area contributed by atoms with Crippen LogP contribution in [-0.4, -0.2) is 9.78 Å². The quantitative estimate of drug-likeness (QED) is 0.604. The average Bonchev–Trinajstić information content (AvgIpc) is 3.01. The normalized spacial score (nSPS) is 12.3. The van der Waals surface area contributed by atoms with E-state index in [2.05, 4.69) is 32.2 Å². The summed E-state index contributed by atoms with van der Waals surface area (Å²) >= 11 is 6.00. The Hall–Kier alpha value is -2.06. The number of hydrogen-bond donors (Lipinski definition) is 0. The van der Waals surface area contributed by atoms with E-state index in [1.807, 2.05) is 47.1 Å². The zero-order valence-corrected chi connectivity index (χ0v) is 13.6. The first-order chi connectivity index (χ1) is 10.7. The zero-order valence-electron chi connectivity index (χ0n) is 12.8. The van der Waals surface area contributed by atoms with Crippen molar-refractivity contribution in [2.45, 2.75) is 26.2 Å². The Morgan fingerprint density at radius 2 is 1.73 bits per heavy atom. The van der Waals surface area contributed by atoms with Crippen molar-refractivity contribution in [1.29, 1.82) is 0 Å². The van der Waals surface area contributed by atoms with E-state index in [-0.39, 0.29) is 0 Å². The molecule has 3 heteroatoms. The first-order valence-corrected chi connectivity index (χ1v) is 7.97. The molecule has 0 amide bonds. The highest BCUT2D eigenvalue weighted by molar-refractivity contribution is 6.30. The van der Waals surface area contributed by atoms with E-state index in [0.717, 1.165) is 28.4 Å². The molecule has 1 heterocycles. The molecule has 0 bridgehead atoms. The lowest BCUT2D eigenvalue weighted by molar-refractivity contribution is 0.734. The first kappa shape index (κ1) is 14.9. The molecule has 0 aliphatic carbocycles. The van der Waals surface area contributed by atoms with Crippen LogP contribution in [0, 0.1) is 0 Å². The second kappa shape index (κ2) is 6.37. The number of aromatic nitrogens is 2. The molecule has 0 saturated heterocycles. The number of nitrogens with zero attached hydrogens (tertiary/aromatic N) is 2. The third-order valence-corrected chi connectivity index (χ3v) is 4.28. The van der Waals surface area contributed by atoms with E-state index in [4.69, 9.17) is 16.7 Å². The van der Waals surface area contributed by atoms with Gasteiger partial charge in [-0.05, 0) is 36.6 Å². The molecular weight excluding hydrogens is 292 g/mol. The molecule has 1 aromatic heterocycles. The molecule has 0 unspecified atom stereocenters. The molecular formula is C19H19ClN2. The summed E-state index contributed by atoms with van der Waals surface area (Å²) in [6.45, 7) is 4.45. The SMILES string of the molecule is CC[C@H](C)c1cn(-c2ccccc2)nc1-c1ccc(Cl)cc1. The third kappa shape index (κ3) is 2.93. The van der Waals surface area contributed by atoms with Gasteiger partial charge in [-0.1, -0.05) is 55.8 Å². The van der Waals surface area contributed by atoms with Crippen LogP contribution in [0.3, 0.4) is 0 Å². The van der Waals surface area contributed by atoms with Crippen LogP contribution in [0.1, 0.15) is 31.7 Å². The van der Waals surface area contributed by atoms with Crippen LogP contribution >= 0.6 is 11.6 Å². The Balaban J connectivity index is 2.11. The zero-order chi connectivity index (χ0) is 15.5. The van der Waals surface area contributed by atoms with Crippen molar-refractivity contribution in [1.82, 2.24) is 9.78 Å². The molecule has 0 radical (unpaired) electrons. The molecule has 0 aliphatic rings. The molecule has 2 aromatic carbocycles. The van der Waals surface area contributed by atoms with Gasteiger partial charge in [-0.25, -0.2) is 4.68 Å². The van der Waals surface area contributed by atoms with Gasteiger partial charge in [0.1, 0.15) is 0 Å². The van der Waals surface area contributed by atoms with E-state index >= 15 is 0 Å². The summed E-state index contributed by atoms with van der Waals surface area (Å²) in [6.07, 6.45) is 3.23. The lowest BCUT2D eigenvalue weighted by Crippen LogP contribution is -1.93. The minimum Gasteiger partial charge on any atom is -0.240 e. The summed E-state index contributed by atoms with van der Waals surface area (Å²) in [5.74, 6) is 0.461. The Labute approximate surface area is 136 Å². The van der Waals surface area contributed by atoms with Crippen LogP contribution in [0.4, 0.5) is 0 Å². The third-order valence-electron chi connectivity index (χ3n) is 4.02. The molecule has 0 aliphatic heterocycles. The Kier molecular flexibility index (Phi) is 4.30. The van der Waals surface area contributed by atoms with Crippen LogP contribution in [0.25, 0.3) is 16.9 Å². The summed E-state index contributed by atoms with van der Waals surface area (Å²) in [6, 6.07) is 18.1. The predicted octanol–water partition coefficient (Wildman–Crippen LogP) is 5.71. The summed E-state index contributed by atoms with van der Waals surface area (Å²) < 4.78 is 1.96. The van der Waals surface area contributed by atoms with Crippen molar-refractivity contribution in [3.05, 3.63) is 71.4 Å². The van der Waals surface area contributed by atoms with Crippen molar-refractivity contribution in [3.8, 4) is 16.9 Å². The Morgan fingerprint density at radius 1 is 1.05 bits per heavy atom. The second-order valence-electron chi connectivity index (χ2n) is 5.53. The summed E-state index contributed by atoms with van der Waals surface area (Å²) in [5, 5.41) is 5.57. The first-order valence-electron chi connectivity index (χ1n) is 7.60. The van der Waals surface area contributed by atoms with Crippen molar-refractivity contribution < 1.29 is 0 Å². The highest BCUT2D eigenvalue weighted by Crippen LogP contribution is 2.31. The fraction of sp³-hybridized carbons (Fsp3) is 0.211. The van der Waals surface area contributed by atoms with Gasteiger partial charge >= 0.3 is 0 Å². The maximum Gasteiger partial charge on any atom is 0.0962 e. The molecule has 0 saturated carbocycles. The fourth-order valence-electron chi connectivity index (χ4n) is 2.51. The van der Waals surface area contributed by atoms with Gasteiger partial charge < -0.3 is 0 Å². The van der Waals surface area contributed by atoms with Gasteiger partial charge in [0, 0.05) is 22.3 Å². The van der Waals surface area contributed by atoms with Gasteiger partial charge in [-0.15, -0.1) is 0 Å². The van der Waals surface area contributed by atoms with Crippen LogP contribution in [0.15, 0.2) is 60.8 Å². The van der Waals surface area contributed by atoms with E-state index in [1.54, 1.807) is 0 Å². The summed E-state index contributed by atoms with van der Waals surface area (Å²) in [5.41, 5.74) is 4.49. The Morgan fingerprint density at radius 3 is 2.36 bits per heavy atom. The monoisotopic (exact) mass is 310 g/mol. The fourth-order valence-corrected chi connectivity index (χ4v) is 2.64. The summed E-state index contributed by atoms with van der Waals surface area (Å²) in [4.78, 5) is 0. The number of halogens is 1. The summed E-state index contributed by atoms with van der Waals surface area (Å²) in [7, 11) is 0. The van der Waals surface area contributed by atoms with E-state index in [1.165, 1.54) is 5.56 Å². The maximum atomic E-state index is 6.00. The van der Waals surface area contributed by atoms with Crippen molar-refractivity contribution in [3.63, 3.8) is 0 Å². The van der Waals surface area contributed by atoms with Gasteiger partial charge in [0.25, 0.3) is 0 Å². The van der Waals surface area contributed by atoms with Crippen molar-refractivity contribution in [2.75, 3.05) is 0 Å². The minimum atomic E-state index is 0.461. The van der Waals surface area contributed by atoms with Crippen LogP contribution in [0.5, 0.6) is 0 Å². The molecule has 2 nitrogen and oxygen atoms in total. The lowest BCUT2D eigenvalue weighted by atomic mass is 9.96. The van der Waals surface area contributed by atoms with Gasteiger partial charge in [0.2, 0.25) is 0 Å². The van der Waals surface area contributed by atoms with Gasteiger partial charge in [0.15, 0.2) is 0 Å². The highest BCUT2D eigenvalue weighted by atomic mass is 35.5. The molecule has 1 atom stereocenters. The number of hydrogen-bond acceptors (Lipinski definition) is 1. The standard InChI is InChI=1S/C19H19ClN2/c1-3-14(2)18-13-22(17-7-5-4-6-8-17)21-19(18)15-9-11-16(20)12-10-15/h4-14H,3H2,1-2H3/t14-/m0/s1. The lowest BCUT2D eigenvalue weighted by Gasteiger charge is -2.08. The van der Waals surface area contributed by atoms with Gasteiger partial charge in [-0.3, -0.25) is 0 Å². The van der Waals surface area contributed by atoms with E-state index < -0.39 is 0 Å². The molecule has 0 N–H and O–H groups in total. The van der Waals surface area contributed by atoms with Gasteiger partial charge in [-0.2, -0.15) is 5.10 Å².